The third-order valence-corrected chi connectivity index (χ3v) is 19.2. The van der Waals surface area contributed by atoms with Gasteiger partial charge in [-0.1, -0.05) is 90.5 Å². The molecule has 2 saturated carbocycles. The number of rotatable bonds is 5. The monoisotopic (exact) mass is 1590 g/mol. The first-order chi connectivity index (χ1) is 51.8. The molecule has 4 aliphatic heterocycles. The van der Waals surface area contributed by atoms with Crippen molar-refractivity contribution in [3.05, 3.63) is 265 Å². The van der Waals surface area contributed by atoms with E-state index in [0.717, 1.165) is 77.7 Å². The van der Waals surface area contributed by atoms with Crippen LogP contribution in [0.2, 0.25) is 0 Å². The molecule has 6 aliphatic rings. The van der Waals surface area contributed by atoms with Crippen LogP contribution in [0.4, 0.5) is 49.1 Å². The van der Waals surface area contributed by atoms with Crippen molar-refractivity contribution in [1.29, 1.82) is 0 Å². The number of nitrogens with one attached hydrogen (secondary N) is 6. The number of carbonyl (C=O) groups excluding carboxylic acids is 2. The molecule has 0 spiro atoms. The second-order valence-electron chi connectivity index (χ2n) is 25.3. The SMILES string of the molecule is C=C1CCC1.Fc1cc2c(F)[nH]nc2cc1Br.Fc1cc2c(F)[nH]nc2cc1C=C1CCC1.Fc1cc2c(F)[nH]nc2cc1C=C1CNC1.Fc1cc2cn[nH]c2cc1Br.O=C(N1CC(=Cc2cc3n[nH]c(F)c3cc2F)C1)N1N=CCC1c1ccccc1.O=C(N1N=CCC1c1ccccc1)n1ccnc1. The summed E-state index contributed by atoms with van der Waals surface area (Å²) in [4.78, 5) is 30.6. The Hall–Kier alpha value is -11.6. The quantitative estimate of drug-likeness (QED) is 0.0708. The summed E-state index contributed by atoms with van der Waals surface area (Å²) in [6.07, 6.45) is 23.7. The Bertz CT molecular complexity index is 5410. The Kier molecular flexibility index (Phi) is 22.9. The van der Waals surface area contributed by atoms with Gasteiger partial charge in [0.05, 0.1) is 76.4 Å². The number of allylic oxidation sites excluding steroid dienone is 2. The average Bonchev–Trinajstić information content (AvgIpc) is 1.79. The number of hydrogen-bond acceptors (Lipinski definition) is 11. The van der Waals surface area contributed by atoms with Crippen molar-refractivity contribution >= 4 is 129 Å². The van der Waals surface area contributed by atoms with Crippen LogP contribution < -0.4 is 5.32 Å². The molecule has 6 N–H and O–H groups in total. The second-order valence-corrected chi connectivity index (χ2v) is 27.0. The molecular formula is C76H63Br2F9N18O2. The van der Waals surface area contributed by atoms with E-state index in [1.807, 2.05) is 66.7 Å². The summed E-state index contributed by atoms with van der Waals surface area (Å²) in [5.41, 5.74) is 10.6. The smallest absolute Gasteiger partial charge is 0.315 e. The fraction of sp³-hybridized carbons (Fsp3) is 0.184. The lowest BCUT2D eigenvalue weighted by atomic mass is 9.90. The Morgan fingerprint density at radius 2 is 0.925 bits per heavy atom. The molecule has 2 unspecified atom stereocenters. The Balaban J connectivity index is 0.000000115. The predicted octanol–water partition coefficient (Wildman–Crippen LogP) is 18.4. The number of amides is 3. The first kappa shape index (κ1) is 73.7. The summed E-state index contributed by atoms with van der Waals surface area (Å²) in [5.74, 6) is -4.56. The molecule has 7 aromatic carbocycles. The van der Waals surface area contributed by atoms with Gasteiger partial charge in [-0.25, -0.2) is 46.5 Å². The zero-order chi connectivity index (χ0) is 74.8. The van der Waals surface area contributed by atoms with Gasteiger partial charge in [-0.2, -0.15) is 53.3 Å². The van der Waals surface area contributed by atoms with Gasteiger partial charge in [0.1, 0.15) is 35.4 Å². The van der Waals surface area contributed by atoms with E-state index in [1.54, 1.807) is 66.3 Å². The molecule has 0 radical (unpaired) electrons. The molecule has 3 amide bonds. The molecule has 19 rings (SSSR count). The van der Waals surface area contributed by atoms with Gasteiger partial charge >= 0.3 is 12.1 Å². The van der Waals surface area contributed by atoms with Crippen LogP contribution in [-0.2, 0) is 0 Å². The van der Waals surface area contributed by atoms with Crippen molar-refractivity contribution in [3.63, 3.8) is 0 Å². The lowest BCUT2D eigenvalue weighted by molar-refractivity contribution is 0.136. The van der Waals surface area contributed by atoms with E-state index in [4.69, 9.17) is 0 Å². The Morgan fingerprint density at radius 1 is 0.495 bits per heavy atom. The van der Waals surface area contributed by atoms with E-state index < -0.39 is 47.1 Å². The predicted molar refractivity (Wildman–Crippen MR) is 397 cm³/mol. The minimum absolute atomic E-state index is 0.0268. The van der Waals surface area contributed by atoms with Crippen LogP contribution in [0.15, 0.2) is 194 Å². The Morgan fingerprint density at radius 3 is 1.36 bits per heavy atom. The number of aromatic amines is 5. The maximum absolute atomic E-state index is 14.3. The van der Waals surface area contributed by atoms with E-state index in [2.05, 4.69) is 110 Å². The summed E-state index contributed by atoms with van der Waals surface area (Å²) in [5, 5.41) is 46.2. The lowest BCUT2D eigenvalue weighted by Crippen LogP contribution is -2.49. The largest absolute Gasteiger partial charge is 0.350 e. The highest BCUT2D eigenvalue weighted by molar-refractivity contribution is 9.10. The average molecular weight is 1590 g/mol. The van der Waals surface area contributed by atoms with Gasteiger partial charge in [0.2, 0.25) is 23.8 Å². The number of halogens is 11. The first-order valence-electron chi connectivity index (χ1n) is 33.5. The van der Waals surface area contributed by atoms with Crippen molar-refractivity contribution in [2.24, 2.45) is 10.2 Å². The second kappa shape index (κ2) is 33.3. The van der Waals surface area contributed by atoms with Crippen LogP contribution in [-0.4, -0.2) is 126 Å². The van der Waals surface area contributed by atoms with Gasteiger partial charge < -0.3 is 10.2 Å². The van der Waals surface area contributed by atoms with Crippen molar-refractivity contribution in [2.75, 3.05) is 26.2 Å². The summed E-state index contributed by atoms with van der Waals surface area (Å²) in [6, 6.07) is 32.9. The van der Waals surface area contributed by atoms with Gasteiger partial charge in [0.15, 0.2) is 0 Å². The van der Waals surface area contributed by atoms with E-state index in [0.29, 0.717) is 62.7 Å². The molecule has 107 heavy (non-hydrogen) atoms. The molecule has 6 aromatic heterocycles. The summed E-state index contributed by atoms with van der Waals surface area (Å²) < 4.78 is 122. The van der Waals surface area contributed by atoms with Crippen molar-refractivity contribution in [2.45, 2.75) is 63.5 Å². The summed E-state index contributed by atoms with van der Waals surface area (Å²) >= 11 is 6.05. The van der Waals surface area contributed by atoms with E-state index in [9.17, 15) is 49.1 Å². The number of hydrogen-bond donors (Lipinski definition) is 6. The van der Waals surface area contributed by atoms with E-state index in [1.165, 1.54) is 88.1 Å². The minimum Gasteiger partial charge on any atom is -0.315 e. The number of nitrogens with zero attached hydrogens (tertiary/aromatic N) is 12. The zero-order valence-electron chi connectivity index (χ0n) is 56.4. The zero-order valence-corrected chi connectivity index (χ0v) is 59.6. The molecule has 13 aromatic rings. The maximum Gasteiger partial charge on any atom is 0.350 e. The molecule has 2 aliphatic carbocycles. The van der Waals surface area contributed by atoms with Crippen LogP contribution in [0.3, 0.4) is 0 Å². The highest BCUT2D eigenvalue weighted by Gasteiger charge is 2.36. The number of aromatic nitrogens is 12. The standard InChI is InChI=1S/C21H17F2N5O.C13H12N4O.C12H10F2N2.C11H9F2N3.C7H3BrF2N2.C7H4BrFN2.C5H8/c22-17-10-16-18(25-26-20(16)23)9-15(17)8-13-11-27(12-13)21(29)28-19(6-7-24-28)14-4-2-1-3-5-14;18-13(16-9-8-14-10-16)17-12(6-7-15-17)11-4-2-1-3-5-11;13-10-6-9-11(15-16-12(9)14)5-8(10)4-7-2-1-3-7;12-9-3-8-10(15-16-11(8)13)2-7(9)1-6-4-14-5-6;8-4-2-6-3(1-5(4)9)7(10)12-11-6;8-5-2-7-4(1-6(5)9)3-10-11-7;1-5-3-2-4-5/h1-5,7-10,19H,6,11-12H2,(H,25,26);1-5,7-10,12H,6H2;4-6H,1-3H2,(H,15,16);1-3,14H,4-5H2,(H,15,16);1-2H,(H,11,12);1-3H,(H,10,11);1-4H2. The summed E-state index contributed by atoms with van der Waals surface area (Å²) in [7, 11) is 0. The minimum atomic E-state index is -0.655. The number of likely N-dealkylation sites (tertiary alicyclic amines) is 1. The van der Waals surface area contributed by atoms with E-state index >= 15 is 0 Å². The number of imidazole rings is 1. The van der Waals surface area contributed by atoms with Gasteiger partial charge in [-0.15, -0.1) is 0 Å². The van der Waals surface area contributed by atoms with Crippen LogP contribution in [0.25, 0.3) is 72.7 Å². The number of fused-ring (bicyclic) bond motifs is 5. The van der Waals surface area contributed by atoms with Crippen molar-refractivity contribution < 1.29 is 49.1 Å². The number of H-pyrrole nitrogens is 5. The van der Waals surface area contributed by atoms with Crippen LogP contribution >= 0.6 is 31.9 Å². The topological polar surface area (TPSA) is 242 Å². The molecule has 2 saturated heterocycles. The number of urea groups is 1. The third-order valence-electron chi connectivity index (χ3n) is 18.0. The fourth-order valence-corrected chi connectivity index (χ4v) is 12.4. The number of carbonyl (C=O) groups is 2. The highest BCUT2D eigenvalue weighted by atomic mass is 79.9. The maximum atomic E-state index is 14.3. The van der Waals surface area contributed by atoms with Gasteiger partial charge in [0.25, 0.3) is 0 Å². The third kappa shape index (κ3) is 17.4. The van der Waals surface area contributed by atoms with E-state index in [-0.39, 0.29) is 56.0 Å². The van der Waals surface area contributed by atoms with Gasteiger partial charge in [-0.3, -0.25) is 30.1 Å². The lowest BCUT2D eigenvalue weighted by Gasteiger charge is -2.37. The molecule has 10 heterocycles. The molecule has 31 heteroatoms. The highest BCUT2D eigenvalue weighted by Crippen LogP contribution is 2.35. The number of hydrazone groups is 2. The number of benzene rings is 7. The van der Waals surface area contributed by atoms with Crippen molar-refractivity contribution in [3.8, 4) is 0 Å². The Labute approximate surface area is 620 Å². The molecule has 0 bridgehead atoms. The fourth-order valence-electron chi connectivity index (χ4n) is 11.7. The molecule has 546 valence electrons. The normalized spacial score (nSPS) is 16.0. The molecule has 20 nitrogen and oxygen atoms in total. The van der Waals surface area contributed by atoms with Gasteiger partial charge in [-0.05, 0) is 159 Å². The molecular weight excluding hydrogens is 1530 g/mol. The first-order valence-corrected chi connectivity index (χ1v) is 35.1. The molecule has 4 fully saturated rings. The summed E-state index contributed by atoms with van der Waals surface area (Å²) in [6.45, 7) is 6.13. The van der Waals surface area contributed by atoms with Crippen LogP contribution in [0.1, 0.15) is 91.3 Å². The van der Waals surface area contributed by atoms with Crippen LogP contribution in [0.5, 0.6) is 0 Å². The van der Waals surface area contributed by atoms with Crippen LogP contribution in [0, 0.1) is 52.9 Å². The van der Waals surface area contributed by atoms with Crippen molar-refractivity contribution in [1.82, 2.24) is 80.8 Å². The molecule has 2 atom stereocenters. The van der Waals surface area contributed by atoms with Gasteiger partial charge in [0, 0.05) is 85.9 Å².